The molecule has 7 nitrogen and oxygen atoms in total. The first-order chi connectivity index (χ1) is 13.4. The summed E-state index contributed by atoms with van der Waals surface area (Å²) in [6.45, 7) is 0.369. The minimum atomic E-state index is -3.71. The van der Waals surface area contributed by atoms with Gasteiger partial charge in [0, 0.05) is 36.5 Å². The number of alkyl halides is 2. The molecule has 2 heterocycles. The topological polar surface area (TPSA) is 77.1 Å². The zero-order valence-electron chi connectivity index (χ0n) is 14.6. The van der Waals surface area contributed by atoms with Crippen LogP contribution in [0, 0.1) is 0 Å². The van der Waals surface area contributed by atoms with E-state index in [-0.39, 0.29) is 29.7 Å². The monoisotopic (exact) mass is 390 g/mol. The highest BCUT2D eigenvalue weighted by Crippen LogP contribution is 2.42. The smallest absolute Gasteiger partial charge is 0.484 e. The Morgan fingerprint density at radius 2 is 2.00 bits per heavy atom. The van der Waals surface area contributed by atoms with Crippen molar-refractivity contribution in [2.45, 2.75) is 19.1 Å². The van der Waals surface area contributed by atoms with E-state index in [4.69, 9.17) is 4.74 Å². The summed E-state index contributed by atoms with van der Waals surface area (Å²) in [4.78, 5) is 25.6. The molecule has 2 aliphatic rings. The molecule has 0 spiro atoms. The van der Waals surface area contributed by atoms with E-state index < -0.39 is 12.2 Å². The molecule has 4 rings (SSSR count). The van der Waals surface area contributed by atoms with Crippen LogP contribution in [0.25, 0.3) is 0 Å². The highest BCUT2D eigenvalue weighted by molar-refractivity contribution is 5.95. The molecule has 1 saturated heterocycles. The number of carbonyl (C=O) groups is 2. The number of halogens is 2. The number of hydrogen-bond acceptors (Lipinski definition) is 5. The van der Waals surface area contributed by atoms with E-state index in [1.807, 2.05) is 0 Å². The van der Waals surface area contributed by atoms with Gasteiger partial charge in [-0.25, -0.2) is 0 Å². The van der Waals surface area contributed by atoms with E-state index in [9.17, 15) is 18.4 Å². The molecule has 0 bridgehead atoms. The number of nitrogens with zero attached hydrogens (tertiary/aromatic N) is 1. The molecule has 2 aliphatic heterocycles. The first-order valence-corrected chi connectivity index (χ1v) is 8.63. The Balaban J connectivity index is 1.35. The summed E-state index contributed by atoms with van der Waals surface area (Å²) in [7, 11) is 0. The Morgan fingerprint density at radius 1 is 1.18 bits per heavy atom. The molecule has 0 radical (unpaired) electrons. The Labute approximate surface area is 158 Å². The third-order valence-corrected chi connectivity index (χ3v) is 4.26. The second kappa shape index (κ2) is 6.99. The second-order valence-corrected chi connectivity index (χ2v) is 6.31. The first kappa shape index (κ1) is 18.0. The minimum absolute atomic E-state index is 0.0586. The van der Waals surface area contributed by atoms with Crippen molar-refractivity contribution in [1.29, 1.82) is 0 Å². The van der Waals surface area contributed by atoms with E-state index in [2.05, 4.69) is 14.8 Å². The van der Waals surface area contributed by atoms with Crippen LogP contribution in [-0.2, 0) is 9.59 Å². The Hall–Kier alpha value is -3.36. The average Bonchev–Trinajstić information content (AvgIpc) is 3.21. The number of anilines is 2. The molecule has 2 aromatic carbocycles. The quantitative estimate of drug-likeness (QED) is 0.849. The predicted octanol–water partition coefficient (Wildman–Crippen LogP) is 3.15. The van der Waals surface area contributed by atoms with E-state index in [1.165, 1.54) is 18.2 Å². The number of ether oxygens (including phenoxy) is 3. The van der Waals surface area contributed by atoms with Gasteiger partial charge in [-0.3, -0.25) is 9.59 Å². The summed E-state index contributed by atoms with van der Waals surface area (Å²) in [5, 5.41) is 2.54. The Kier molecular flexibility index (Phi) is 4.50. The van der Waals surface area contributed by atoms with Crippen molar-refractivity contribution in [1.82, 2.24) is 0 Å². The van der Waals surface area contributed by atoms with Gasteiger partial charge < -0.3 is 24.4 Å². The fourth-order valence-corrected chi connectivity index (χ4v) is 3.04. The number of nitrogens with one attached hydrogen (secondary N) is 1. The summed E-state index contributed by atoms with van der Waals surface area (Å²) < 4.78 is 40.2. The van der Waals surface area contributed by atoms with Gasteiger partial charge in [-0.15, -0.1) is 8.78 Å². The lowest BCUT2D eigenvalue weighted by Crippen LogP contribution is -2.25. The molecular weight excluding hydrogens is 374 g/mol. The lowest BCUT2D eigenvalue weighted by molar-refractivity contribution is -0.286. The maximum Gasteiger partial charge on any atom is 0.586 e. The molecule has 1 N–H and O–H groups in total. The predicted molar refractivity (Wildman–Crippen MR) is 94.8 cm³/mol. The van der Waals surface area contributed by atoms with Gasteiger partial charge in [-0.05, 0) is 30.7 Å². The van der Waals surface area contributed by atoms with Gasteiger partial charge in [-0.1, -0.05) is 6.07 Å². The molecule has 28 heavy (non-hydrogen) atoms. The number of fused-ring (bicyclic) bond motifs is 1. The van der Waals surface area contributed by atoms with Gasteiger partial charge in [0.15, 0.2) is 18.1 Å². The van der Waals surface area contributed by atoms with Gasteiger partial charge in [-0.2, -0.15) is 0 Å². The van der Waals surface area contributed by atoms with Gasteiger partial charge in [0.1, 0.15) is 5.75 Å². The molecule has 9 heteroatoms. The van der Waals surface area contributed by atoms with Crippen molar-refractivity contribution in [3.63, 3.8) is 0 Å². The maximum absolute atomic E-state index is 13.0. The summed E-state index contributed by atoms with van der Waals surface area (Å²) in [5.41, 5.74) is 0.988. The van der Waals surface area contributed by atoms with E-state index >= 15 is 0 Å². The zero-order chi connectivity index (χ0) is 19.7. The Morgan fingerprint density at radius 3 is 2.79 bits per heavy atom. The molecule has 0 aliphatic carbocycles. The van der Waals surface area contributed by atoms with Gasteiger partial charge in [0.2, 0.25) is 5.91 Å². The molecule has 0 saturated carbocycles. The fraction of sp³-hybridized carbons (Fsp3) is 0.263. The lowest BCUT2D eigenvalue weighted by Gasteiger charge is -2.16. The van der Waals surface area contributed by atoms with Crippen molar-refractivity contribution < 1.29 is 32.6 Å². The molecule has 2 amide bonds. The SMILES string of the molecule is O=C(COc1cccc(N2CCCC2=O)c1)Nc1ccc2c(c1)OC(F)(F)O2. The van der Waals surface area contributed by atoms with Crippen LogP contribution in [0.5, 0.6) is 17.2 Å². The van der Waals surface area contributed by atoms with E-state index in [0.29, 0.717) is 18.7 Å². The molecular formula is C19H16F2N2O5. The van der Waals surface area contributed by atoms with E-state index in [1.54, 1.807) is 29.2 Å². The standard InChI is InChI=1S/C19H16F2N2O5/c20-19(21)27-15-7-6-12(9-16(15)28-19)22-17(24)11-26-14-4-1-3-13(10-14)23-8-2-5-18(23)25/h1,3-4,6-7,9-10H,2,5,8,11H2,(H,22,24). The third-order valence-electron chi connectivity index (χ3n) is 4.26. The van der Waals surface area contributed by atoms with Crippen LogP contribution in [0.4, 0.5) is 20.2 Å². The molecule has 0 aromatic heterocycles. The third kappa shape index (κ3) is 3.83. The van der Waals surface area contributed by atoms with Gasteiger partial charge >= 0.3 is 6.29 Å². The highest BCUT2D eigenvalue weighted by Gasteiger charge is 2.43. The lowest BCUT2D eigenvalue weighted by atomic mass is 10.2. The number of amides is 2. The van der Waals surface area contributed by atoms with Crippen molar-refractivity contribution in [2.24, 2.45) is 0 Å². The fourth-order valence-electron chi connectivity index (χ4n) is 3.04. The van der Waals surface area contributed by atoms with Crippen molar-refractivity contribution in [2.75, 3.05) is 23.4 Å². The second-order valence-electron chi connectivity index (χ2n) is 6.31. The van der Waals surface area contributed by atoms with Crippen molar-refractivity contribution >= 4 is 23.2 Å². The average molecular weight is 390 g/mol. The largest absolute Gasteiger partial charge is 0.586 e. The van der Waals surface area contributed by atoms with Gasteiger partial charge in [0.05, 0.1) is 0 Å². The summed E-state index contributed by atoms with van der Waals surface area (Å²) in [6, 6.07) is 10.9. The number of carbonyl (C=O) groups excluding carboxylic acids is 2. The van der Waals surface area contributed by atoms with E-state index in [0.717, 1.165) is 12.1 Å². The zero-order valence-corrected chi connectivity index (χ0v) is 14.6. The van der Waals surface area contributed by atoms with Crippen LogP contribution in [0.1, 0.15) is 12.8 Å². The maximum atomic E-state index is 13.0. The van der Waals surface area contributed by atoms with Crippen LogP contribution in [0.3, 0.4) is 0 Å². The van der Waals surface area contributed by atoms with Gasteiger partial charge in [0.25, 0.3) is 5.91 Å². The normalized spacial score (nSPS) is 16.9. The minimum Gasteiger partial charge on any atom is -0.484 e. The van der Waals surface area contributed by atoms with Crippen LogP contribution < -0.4 is 24.4 Å². The summed E-state index contributed by atoms with van der Waals surface area (Å²) in [5.74, 6) is -0.242. The summed E-state index contributed by atoms with van der Waals surface area (Å²) >= 11 is 0. The van der Waals surface area contributed by atoms with Crippen LogP contribution in [0.15, 0.2) is 42.5 Å². The first-order valence-electron chi connectivity index (χ1n) is 8.63. The molecule has 0 unspecified atom stereocenters. The molecule has 2 aromatic rings. The van der Waals surface area contributed by atoms with Crippen LogP contribution in [0.2, 0.25) is 0 Å². The number of rotatable bonds is 5. The van der Waals surface area contributed by atoms with Crippen molar-refractivity contribution in [3.05, 3.63) is 42.5 Å². The van der Waals surface area contributed by atoms with Crippen molar-refractivity contribution in [3.8, 4) is 17.2 Å². The summed E-state index contributed by atoms with van der Waals surface area (Å²) in [6.07, 6.45) is -2.38. The molecule has 1 fully saturated rings. The number of hydrogen-bond donors (Lipinski definition) is 1. The van der Waals surface area contributed by atoms with Crippen LogP contribution >= 0.6 is 0 Å². The highest BCUT2D eigenvalue weighted by atomic mass is 19.3. The molecule has 146 valence electrons. The number of benzene rings is 2. The molecule has 0 atom stereocenters. The van der Waals surface area contributed by atoms with Crippen LogP contribution in [-0.4, -0.2) is 31.3 Å². The Bertz CT molecular complexity index is 934.